The fraction of sp³-hybridized carbons (Fsp3) is 0.966. The molecule has 0 radical (unpaired) electrons. The highest BCUT2D eigenvalue weighted by Crippen LogP contribution is 2.68. The van der Waals surface area contributed by atoms with E-state index in [9.17, 15) is 20.2 Å². The predicted octanol–water partition coefficient (Wildman–Crippen LogP) is 4.47. The second kappa shape index (κ2) is 10.2. The molecule has 0 bridgehead atoms. The second-order valence-corrected chi connectivity index (χ2v) is 13.9. The molecule has 10 unspecified atom stereocenters. The molecule has 0 heterocycles. The molecule has 4 saturated carbocycles. The van der Waals surface area contributed by atoms with E-state index >= 15 is 0 Å². The minimum absolute atomic E-state index is 0.0495. The summed E-state index contributed by atoms with van der Waals surface area (Å²) in [6, 6.07) is 0. The Morgan fingerprint density at radius 3 is 2.54 bits per heavy atom. The number of aliphatic hydroxyl groups is 2. The Labute approximate surface area is 213 Å². The van der Waals surface area contributed by atoms with Gasteiger partial charge in [-0.05, 0) is 104 Å². The molecule has 0 aliphatic heterocycles. The Bertz CT molecular complexity index is 753. The first-order valence-electron chi connectivity index (χ1n) is 14.5. The third-order valence-electron chi connectivity index (χ3n) is 11.5. The third-order valence-corrected chi connectivity index (χ3v) is 11.5. The molecule has 6 heteroatoms. The molecular weight excluding hydrogens is 440 g/mol. The van der Waals surface area contributed by atoms with Crippen LogP contribution in [-0.4, -0.2) is 60.2 Å². The van der Waals surface area contributed by atoms with Gasteiger partial charge in [0.1, 0.15) is 0 Å². The van der Waals surface area contributed by atoms with Crippen LogP contribution in [0.2, 0.25) is 0 Å². The van der Waals surface area contributed by atoms with Crippen molar-refractivity contribution in [2.24, 2.45) is 46.3 Å². The van der Waals surface area contributed by atoms with Crippen molar-refractivity contribution in [2.75, 3.05) is 27.2 Å². The molecular formula is C29H52N2O4. The summed E-state index contributed by atoms with van der Waals surface area (Å²) in [5.74, 6) is 3.43. The van der Waals surface area contributed by atoms with Crippen LogP contribution in [0.3, 0.4) is 0 Å². The lowest BCUT2D eigenvalue weighted by atomic mass is 9.43. The van der Waals surface area contributed by atoms with Crippen molar-refractivity contribution in [3.63, 3.8) is 0 Å². The summed E-state index contributed by atoms with van der Waals surface area (Å²) in [7, 11) is 3.26. The molecule has 10 atom stereocenters. The van der Waals surface area contributed by atoms with Crippen LogP contribution in [0.15, 0.2) is 0 Å². The average Bonchev–Trinajstić information content (AvgIpc) is 3.14. The standard InChI is InChI=1S/C29H52N2O4/c1-19(7-12-27(34)30-15-6-16-31(4,5)35)23-10-11-24-22-9-8-20-17-21(32)13-14-28(20,2)25(22)18-26(33)29(23,24)3/h19-26,32-33H,6-18H2,1-5H3,(H,30,34). The molecule has 3 N–H and O–H groups in total. The highest BCUT2D eigenvalue weighted by atomic mass is 16.5. The van der Waals surface area contributed by atoms with E-state index in [-0.39, 0.29) is 33.6 Å². The van der Waals surface area contributed by atoms with Crippen LogP contribution in [0.5, 0.6) is 0 Å². The number of fused-ring (bicyclic) bond motifs is 5. The number of rotatable bonds is 8. The number of carbonyl (C=O) groups excluding carboxylic acids is 1. The molecule has 1 amide bonds. The van der Waals surface area contributed by atoms with Crippen molar-refractivity contribution in [1.82, 2.24) is 5.32 Å². The lowest BCUT2D eigenvalue weighted by molar-refractivity contribution is -0.840. The molecule has 4 rings (SSSR count). The normalized spacial score (nSPS) is 44.2. The van der Waals surface area contributed by atoms with Crippen molar-refractivity contribution in [1.29, 1.82) is 0 Å². The van der Waals surface area contributed by atoms with Crippen LogP contribution in [0.25, 0.3) is 0 Å². The highest BCUT2D eigenvalue weighted by molar-refractivity contribution is 5.75. The number of hydrogen-bond donors (Lipinski definition) is 3. The van der Waals surface area contributed by atoms with Crippen LogP contribution < -0.4 is 5.32 Å². The number of hydrogen-bond acceptors (Lipinski definition) is 4. The van der Waals surface area contributed by atoms with Gasteiger partial charge in [-0.1, -0.05) is 20.8 Å². The van der Waals surface area contributed by atoms with Crippen LogP contribution >= 0.6 is 0 Å². The third kappa shape index (κ3) is 5.32. The molecule has 4 aliphatic carbocycles. The van der Waals surface area contributed by atoms with Crippen molar-refractivity contribution < 1.29 is 19.7 Å². The topological polar surface area (TPSA) is 92.6 Å². The van der Waals surface area contributed by atoms with E-state index in [1.807, 2.05) is 0 Å². The fourth-order valence-corrected chi connectivity index (χ4v) is 9.50. The number of nitrogens with zero attached hydrogens (tertiary/aromatic N) is 1. The van der Waals surface area contributed by atoms with Gasteiger partial charge in [-0.15, -0.1) is 0 Å². The number of hydroxylamine groups is 3. The van der Waals surface area contributed by atoms with E-state index in [0.29, 0.717) is 61.4 Å². The lowest BCUT2D eigenvalue weighted by Crippen LogP contribution is -2.58. The quantitative estimate of drug-likeness (QED) is 0.265. The number of amides is 1. The summed E-state index contributed by atoms with van der Waals surface area (Å²) in [5, 5.41) is 36.6. The summed E-state index contributed by atoms with van der Waals surface area (Å²) in [4.78, 5) is 12.4. The first-order valence-corrected chi connectivity index (χ1v) is 14.5. The van der Waals surface area contributed by atoms with Gasteiger partial charge in [0.2, 0.25) is 5.91 Å². The Hall–Kier alpha value is -0.690. The first-order chi connectivity index (χ1) is 16.4. The van der Waals surface area contributed by atoms with Crippen LogP contribution in [-0.2, 0) is 4.79 Å². The second-order valence-electron chi connectivity index (χ2n) is 13.9. The van der Waals surface area contributed by atoms with Crippen molar-refractivity contribution >= 4 is 5.91 Å². The fourth-order valence-electron chi connectivity index (χ4n) is 9.50. The van der Waals surface area contributed by atoms with E-state index in [1.54, 1.807) is 14.1 Å². The summed E-state index contributed by atoms with van der Waals surface area (Å²) < 4.78 is -0.319. The smallest absolute Gasteiger partial charge is 0.220 e. The maximum absolute atomic E-state index is 12.4. The summed E-state index contributed by atoms with van der Waals surface area (Å²) >= 11 is 0. The van der Waals surface area contributed by atoms with E-state index < -0.39 is 0 Å². The van der Waals surface area contributed by atoms with Gasteiger partial charge in [0.25, 0.3) is 0 Å². The zero-order valence-corrected chi connectivity index (χ0v) is 23.0. The summed E-state index contributed by atoms with van der Waals surface area (Å²) in [6.07, 6.45) is 10.5. The molecule has 0 aromatic heterocycles. The average molecular weight is 493 g/mol. The number of quaternary nitrogens is 1. The Balaban J connectivity index is 1.35. The highest BCUT2D eigenvalue weighted by Gasteiger charge is 2.63. The van der Waals surface area contributed by atoms with Gasteiger partial charge < -0.3 is 25.4 Å². The van der Waals surface area contributed by atoms with Crippen molar-refractivity contribution in [3.8, 4) is 0 Å². The van der Waals surface area contributed by atoms with Gasteiger partial charge in [0, 0.05) is 19.4 Å². The molecule has 0 aromatic rings. The summed E-state index contributed by atoms with van der Waals surface area (Å²) in [5.41, 5.74) is 0.221. The van der Waals surface area contributed by atoms with Crippen LogP contribution in [0.1, 0.15) is 91.4 Å². The molecule has 4 fully saturated rings. The molecule has 0 saturated heterocycles. The van der Waals surface area contributed by atoms with Gasteiger partial charge >= 0.3 is 0 Å². The summed E-state index contributed by atoms with van der Waals surface area (Å²) in [6.45, 7) is 8.22. The van der Waals surface area contributed by atoms with E-state index in [1.165, 1.54) is 25.7 Å². The van der Waals surface area contributed by atoms with Gasteiger partial charge in [0.15, 0.2) is 0 Å². The SMILES string of the molecule is CC(CCC(=O)NCCC[N+](C)(C)[O-])C1CCC2C3CCC4CC(O)CCC4(C)C3CC(O)C12C. The maximum atomic E-state index is 12.4. The van der Waals surface area contributed by atoms with Gasteiger partial charge in [-0.2, -0.15) is 0 Å². The van der Waals surface area contributed by atoms with Crippen molar-refractivity contribution in [3.05, 3.63) is 5.21 Å². The van der Waals surface area contributed by atoms with E-state index in [4.69, 9.17) is 0 Å². The molecule has 35 heavy (non-hydrogen) atoms. The minimum Gasteiger partial charge on any atom is -0.633 e. The molecule has 0 aromatic carbocycles. The van der Waals surface area contributed by atoms with Crippen LogP contribution in [0.4, 0.5) is 0 Å². The van der Waals surface area contributed by atoms with E-state index in [0.717, 1.165) is 32.1 Å². The molecule has 202 valence electrons. The maximum Gasteiger partial charge on any atom is 0.220 e. The monoisotopic (exact) mass is 492 g/mol. The Kier molecular flexibility index (Phi) is 7.99. The first kappa shape index (κ1) is 27.3. The molecule has 6 nitrogen and oxygen atoms in total. The van der Waals surface area contributed by atoms with Gasteiger partial charge in [-0.25, -0.2) is 0 Å². The Morgan fingerprint density at radius 2 is 1.83 bits per heavy atom. The number of aliphatic hydroxyl groups excluding tert-OH is 2. The van der Waals surface area contributed by atoms with E-state index in [2.05, 4.69) is 26.1 Å². The number of nitrogens with one attached hydrogen (secondary N) is 1. The van der Waals surface area contributed by atoms with Gasteiger partial charge in [0.05, 0.1) is 32.8 Å². The minimum atomic E-state index is -0.319. The molecule has 4 aliphatic rings. The molecule has 0 spiro atoms. The zero-order chi connectivity index (χ0) is 25.6. The largest absolute Gasteiger partial charge is 0.633 e. The number of carbonyl (C=O) groups is 1. The lowest BCUT2D eigenvalue weighted by Gasteiger charge is -2.62. The van der Waals surface area contributed by atoms with Crippen molar-refractivity contribution in [2.45, 2.75) is 104 Å². The zero-order valence-electron chi connectivity index (χ0n) is 23.0. The Morgan fingerprint density at radius 1 is 1.09 bits per heavy atom. The van der Waals surface area contributed by atoms with Crippen LogP contribution in [0, 0.1) is 51.5 Å². The predicted molar refractivity (Wildman–Crippen MR) is 139 cm³/mol. The van der Waals surface area contributed by atoms with Gasteiger partial charge in [-0.3, -0.25) is 4.79 Å².